The molecule has 6 heteroatoms. The molecule has 0 aliphatic rings. The Bertz CT molecular complexity index is 1390. The molecule has 1 N–H and O–H groups in total. The monoisotopic (exact) mass is 489 g/mol. The Hall–Kier alpha value is -3.64. The molecule has 4 aromatic rings. The number of fused-ring (bicyclic) bond motifs is 1. The van der Waals surface area contributed by atoms with E-state index in [0.29, 0.717) is 28.1 Å². The van der Waals surface area contributed by atoms with Crippen molar-refractivity contribution in [3.8, 4) is 22.6 Å². The first kappa shape index (κ1) is 21.6. The van der Waals surface area contributed by atoms with Crippen LogP contribution in [-0.4, -0.2) is 25.0 Å². The molecule has 0 saturated heterocycles. The molecular weight excluding hydrogens is 470 g/mol. The summed E-state index contributed by atoms with van der Waals surface area (Å²) in [5.41, 5.74) is 2.40. The number of carbonyl (C=O) groups is 1. The fourth-order valence-electron chi connectivity index (χ4n) is 3.61. The third-order valence-electron chi connectivity index (χ3n) is 5.14. The maximum absolute atomic E-state index is 13.3. The average molecular weight is 490 g/mol. The summed E-state index contributed by atoms with van der Waals surface area (Å²) in [7, 11) is 3.12. The maximum Gasteiger partial charge on any atom is 0.260 e. The molecule has 0 atom stereocenters. The number of ether oxygens (including phenoxy) is 2. The van der Waals surface area contributed by atoms with Crippen molar-refractivity contribution in [3.63, 3.8) is 0 Å². The molecule has 0 amide bonds. The van der Waals surface area contributed by atoms with Crippen LogP contribution in [0.2, 0.25) is 0 Å². The number of H-pyrrole nitrogens is 1. The van der Waals surface area contributed by atoms with Crippen molar-refractivity contribution < 1.29 is 14.3 Å². The predicted molar refractivity (Wildman–Crippen MR) is 131 cm³/mol. The van der Waals surface area contributed by atoms with E-state index >= 15 is 0 Å². The highest BCUT2D eigenvalue weighted by molar-refractivity contribution is 9.10. The van der Waals surface area contributed by atoms with Crippen LogP contribution >= 0.6 is 15.9 Å². The van der Waals surface area contributed by atoms with Gasteiger partial charge >= 0.3 is 0 Å². The summed E-state index contributed by atoms with van der Waals surface area (Å²) in [6.07, 6.45) is 3.03. The number of ketones is 1. The lowest BCUT2D eigenvalue weighted by Gasteiger charge is -2.12. The van der Waals surface area contributed by atoms with Crippen LogP contribution in [-0.2, 0) is 0 Å². The zero-order chi connectivity index (χ0) is 22.7. The van der Waals surface area contributed by atoms with E-state index < -0.39 is 11.3 Å². The number of carbonyl (C=O) groups excluding carboxylic acids is 1. The Balaban J connectivity index is 1.87. The summed E-state index contributed by atoms with van der Waals surface area (Å²) >= 11 is 3.49. The summed E-state index contributed by atoms with van der Waals surface area (Å²) in [5.74, 6) is 0.811. The van der Waals surface area contributed by atoms with E-state index in [0.717, 1.165) is 15.4 Å². The van der Waals surface area contributed by atoms with Gasteiger partial charge in [0.1, 0.15) is 11.5 Å². The summed E-state index contributed by atoms with van der Waals surface area (Å²) < 4.78 is 11.5. The zero-order valence-electron chi connectivity index (χ0n) is 17.5. The fraction of sp³-hybridized carbons (Fsp3) is 0.0769. The molecule has 4 rings (SSSR count). The first-order valence-electron chi connectivity index (χ1n) is 9.87. The SMILES string of the molecule is COc1ccc(/C=C/C(=O)c2c(-c3ccccc3)c3cc(Br)ccc3[nH]c2=O)c(OC)c1. The van der Waals surface area contributed by atoms with Crippen molar-refractivity contribution in [2.45, 2.75) is 0 Å². The van der Waals surface area contributed by atoms with Gasteiger partial charge in [-0.25, -0.2) is 0 Å². The van der Waals surface area contributed by atoms with Gasteiger partial charge in [-0.3, -0.25) is 9.59 Å². The number of hydrogen-bond donors (Lipinski definition) is 1. The molecule has 0 fully saturated rings. The lowest BCUT2D eigenvalue weighted by atomic mass is 9.94. The molecule has 160 valence electrons. The average Bonchev–Trinajstić information content (AvgIpc) is 2.82. The van der Waals surface area contributed by atoms with E-state index in [4.69, 9.17) is 9.47 Å². The van der Waals surface area contributed by atoms with Crippen molar-refractivity contribution in [1.29, 1.82) is 0 Å². The number of pyridine rings is 1. The van der Waals surface area contributed by atoms with Gasteiger partial charge in [-0.15, -0.1) is 0 Å². The van der Waals surface area contributed by atoms with Crippen LogP contribution in [0.5, 0.6) is 11.5 Å². The minimum Gasteiger partial charge on any atom is -0.497 e. The van der Waals surface area contributed by atoms with Crippen LogP contribution in [0.4, 0.5) is 0 Å². The number of allylic oxidation sites excluding steroid dienone is 1. The number of halogens is 1. The lowest BCUT2D eigenvalue weighted by molar-refractivity contribution is 0.104. The lowest BCUT2D eigenvalue weighted by Crippen LogP contribution is -2.18. The van der Waals surface area contributed by atoms with Gasteiger partial charge in [0.2, 0.25) is 0 Å². The molecule has 0 saturated carbocycles. The summed E-state index contributed by atoms with van der Waals surface area (Å²) in [6, 6.07) is 20.3. The summed E-state index contributed by atoms with van der Waals surface area (Å²) in [6.45, 7) is 0. The number of rotatable bonds is 6. The third kappa shape index (κ3) is 4.22. The molecule has 0 bridgehead atoms. The third-order valence-corrected chi connectivity index (χ3v) is 5.63. The van der Waals surface area contributed by atoms with E-state index in [2.05, 4.69) is 20.9 Å². The molecule has 32 heavy (non-hydrogen) atoms. The number of aromatic nitrogens is 1. The smallest absolute Gasteiger partial charge is 0.260 e. The van der Waals surface area contributed by atoms with Gasteiger partial charge in [0.25, 0.3) is 5.56 Å². The number of aromatic amines is 1. The van der Waals surface area contributed by atoms with Crippen LogP contribution in [0.15, 0.2) is 82.1 Å². The Morgan fingerprint density at radius 2 is 1.75 bits per heavy atom. The molecular formula is C26H20BrNO4. The minimum atomic E-state index is -0.435. The van der Waals surface area contributed by atoms with Gasteiger partial charge < -0.3 is 14.5 Å². The fourth-order valence-corrected chi connectivity index (χ4v) is 3.97. The van der Waals surface area contributed by atoms with Crippen LogP contribution in [0.1, 0.15) is 15.9 Å². The topological polar surface area (TPSA) is 68.4 Å². The standard InChI is InChI=1S/C26H20BrNO4/c1-31-19-11-8-16(23(15-19)32-2)9-13-22(29)25-24(17-6-4-3-5-7-17)20-14-18(27)10-12-21(20)28-26(25)30/h3-15H,1-2H3,(H,28,30)/b13-9+. The second-order valence-corrected chi connectivity index (χ2v) is 7.98. The van der Waals surface area contributed by atoms with Gasteiger partial charge in [-0.1, -0.05) is 46.3 Å². The molecule has 1 heterocycles. The minimum absolute atomic E-state index is 0.0885. The highest BCUT2D eigenvalue weighted by Crippen LogP contribution is 2.32. The normalized spacial score (nSPS) is 11.1. The Morgan fingerprint density at radius 1 is 0.969 bits per heavy atom. The van der Waals surface area contributed by atoms with Gasteiger partial charge in [-0.05, 0) is 48.0 Å². The second-order valence-electron chi connectivity index (χ2n) is 7.07. The van der Waals surface area contributed by atoms with Gasteiger partial charge in [-0.2, -0.15) is 0 Å². The predicted octanol–water partition coefficient (Wildman–Crippen LogP) is 5.87. The van der Waals surface area contributed by atoms with Crippen LogP contribution in [0, 0.1) is 0 Å². The molecule has 0 unspecified atom stereocenters. The molecule has 5 nitrogen and oxygen atoms in total. The summed E-state index contributed by atoms with van der Waals surface area (Å²) in [5, 5.41) is 0.781. The number of nitrogens with one attached hydrogen (secondary N) is 1. The molecule has 1 aromatic heterocycles. The Morgan fingerprint density at radius 3 is 2.47 bits per heavy atom. The van der Waals surface area contributed by atoms with Crippen LogP contribution < -0.4 is 15.0 Å². The molecule has 0 spiro atoms. The first-order chi connectivity index (χ1) is 15.5. The number of benzene rings is 3. The molecule has 0 aliphatic carbocycles. The van der Waals surface area contributed by atoms with Crippen molar-refractivity contribution in [2.24, 2.45) is 0 Å². The van der Waals surface area contributed by atoms with Crippen LogP contribution in [0.25, 0.3) is 28.1 Å². The van der Waals surface area contributed by atoms with E-state index in [1.165, 1.54) is 6.08 Å². The second kappa shape index (κ2) is 9.24. The highest BCUT2D eigenvalue weighted by atomic mass is 79.9. The van der Waals surface area contributed by atoms with Crippen molar-refractivity contribution in [1.82, 2.24) is 4.98 Å². The largest absolute Gasteiger partial charge is 0.497 e. The van der Waals surface area contributed by atoms with E-state index in [1.54, 1.807) is 38.5 Å². The quantitative estimate of drug-likeness (QED) is 0.271. The summed E-state index contributed by atoms with van der Waals surface area (Å²) in [4.78, 5) is 29.1. The molecule has 0 radical (unpaired) electrons. The van der Waals surface area contributed by atoms with Gasteiger partial charge in [0.05, 0.1) is 19.8 Å². The number of hydrogen-bond acceptors (Lipinski definition) is 4. The van der Waals surface area contributed by atoms with E-state index in [-0.39, 0.29) is 5.56 Å². The van der Waals surface area contributed by atoms with E-state index in [1.807, 2.05) is 48.5 Å². The maximum atomic E-state index is 13.3. The van der Waals surface area contributed by atoms with Crippen molar-refractivity contribution in [3.05, 3.63) is 98.8 Å². The van der Waals surface area contributed by atoms with Crippen LogP contribution in [0.3, 0.4) is 0 Å². The molecule has 0 aliphatic heterocycles. The van der Waals surface area contributed by atoms with Gasteiger partial charge in [0, 0.05) is 32.6 Å². The Labute approximate surface area is 193 Å². The number of methoxy groups -OCH3 is 2. The van der Waals surface area contributed by atoms with Gasteiger partial charge in [0.15, 0.2) is 5.78 Å². The first-order valence-corrected chi connectivity index (χ1v) is 10.7. The molecule has 3 aromatic carbocycles. The Kier molecular flexibility index (Phi) is 6.23. The van der Waals surface area contributed by atoms with Crippen molar-refractivity contribution in [2.75, 3.05) is 14.2 Å². The zero-order valence-corrected chi connectivity index (χ0v) is 19.1. The highest BCUT2D eigenvalue weighted by Gasteiger charge is 2.19. The van der Waals surface area contributed by atoms with E-state index in [9.17, 15) is 9.59 Å². The van der Waals surface area contributed by atoms with Crippen molar-refractivity contribution >= 4 is 38.7 Å².